The number of hydrogen-bond donors (Lipinski definition) is 1. The van der Waals surface area contributed by atoms with Gasteiger partial charge in [-0.15, -0.1) is 0 Å². The maximum Gasteiger partial charge on any atom is 0.313 e. The van der Waals surface area contributed by atoms with E-state index in [0.717, 1.165) is 23.0 Å². The summed E-state index contributed by atoms with van der Waals surface area (Å²) in [6.45, 7) is 1.95. The van der Waals surface area contributed by atoms with Crippen LogP contribution >= 0.6 is 23.5 Å². The Morgan fingerprint density at radius 1 is 1.81 bits per heavy atom. The lowest BCUT2D eigenvalue weighted by molar-refractivity contribution is -0.133. The number of aromatic nitrogens is 2. The van der Waals surface area contributed by atoms with Crippen LogP contribution in [0.2, 0.25) is 0 Å². The van der Waals surface area contributed by atoms with Crippen LogP contribution in [0.4, 0.5) is 0 Å². The minimum absolute atomic E-state index is 0.0797. The van der Waals surface area contributed by atoms with E-state index in [1.807, 2.05) is 24.9 Å². The fourth-order valence-electron chi connectivity index (χ4n) is 1.73. The second-order valence-electron chi connectivity index (χ2n) is 3.77. The predicted molar refractivity (Wildman–Crippen MR) is 66.3 cm³/mol. The molecule has 1 aromatic heterocycles. The smallest absolute Gasteiger partial charge is 0.313 e. The van der Waals surface area contributed by atoms with E-state index in [9.17, 15) is 4.79 Å². The number of imidazole rings is 1. The summed E-state index contributed by atoms with van der Waals surface area (Å²) < 4.78 is 2.14. The van der Waals surface area contributed by atoms with Crippen molar-refractivity contribution in [1.29, 1.82) is 0 Å². The first-order chi connectivity index (χ1) is 7.66. The van der Waals surface area contributed by atoms with Crippen molar-refractivity contribution in [2.75, 3.05) is 17.3 Å². The average Bonchev–Trinajstić information content (AvgIpc) is 2.82. The van der Waals surface area contributed by atoms with Crippen molar-refractivity contribution in [3.63, 3.8) is 0 Å². The molecular weight excluding hydrogens is 244 g/mol. The van der Waals surface area contributed by atoms with Crippen molar-refractivity contribution in [3.05, 3.63) is 11.9 Å². The number of carboxylic acid groups (broad SMARTS) is 1. The number of thioether (sulfide) groups is 2. The van der Waals surface area contributed by atoms with Gasteiger partial charge in [0, 0.05) is 18.0 Å². The zero-order valence-electron chi connectivity index (χ0n) is 9.05. The van der Waals surface area contributed by atoms with E-state index >= 15 is 0 Å². The lowest BCUT2D eigenvalue weighted by atomic mass is 10.3. The molecule has 1 fully saturated rings. The summed E-state index contributed by atoms with van der Waals surface area (Å²) in [7, 11) is 0. The number of nitrogens with zero attached hydrogens (tertiary/aromatic N) is 2. The lowest BCUT2D eigenvalue weighted by Gasteiger charge is -2.12. The zero-order chi connectivity index (χ0) is 11.5. The highest BCUT2D eigenvalue weighted by atomic mass is 32.2. The first kappa shape index (κ1) is 11.9. The minimum Gasteiger partial charge on any atom is -0.481 e. The van der Waals surface area contributed by atoms with Crippen molar-refractivity contribution >= 4 is 29.5 Å². The molecule has 6 heteroatoms. The number of aliphatic carboxylic acids is 1. The molecule has 2 heterocycles. The van der Waals surface area contributed by atoms with Gasteiger partial charge in [-0.3, -0.25) is 4.79 Å². The Morgan fingerprint density at radius 3 is 3.25 bits per heavy atom. The average molecular weight is 258 g/mol. The second-order valence-corrected chi connectivity index (χ2v) is 5.86. The lowest BCUT2D eigenvalue weighted by Crippen LogP contribution is -2.09. The summed E-state index contributed by atoms with van der Waals surface area (Å²) in [5.41, 5.74) is 0.963. The Kier molecular flexibility index (Phi) is 3.81. The topological polar surface area (TPSA) is 55.1 Å². The number of aryl methyl sites for hydroxylation is 1. The highest BCUT2D eigenvalue weighted by molar-refractivity contribution is 8.00. The molecule has 2 rings (SSSR count). The van der Waals surface area contributed by atoms with Gasteiger partial charge >= 0.3 is 5.97 Å². The summed E-state index contributed by atoms with van der Waals surface area (Å²) >= 11 is 3.25. The molecule has 16 heavy (non-hydrogen) atoms. The van der Waals surface area contributed by atoms with Crippen LogP contribution in [-0.2, 0) is 4.79 Å². The van der Waals surface area contributed by atoms with Crippen molar-refractivity contribution in [2.45, 2.75) is 24.5 Å². The van der Waals surface area contributed by atoms with Crippen LogP contribution in [0, 0.1) is 6.92 Å². The first-order valence-corrected chi connectivity index (χ1v) is 7.28. The molecule has 4 nitrogen and oxygen atoms in total. The van der Waals surface area contributed by atoms with Crippen LogP contribution in [-0.4, -0.2) is 37.9 Å². The third-order valence-electron chi connectivity index (χ3n) is 2.44. The van der Waals surface area contributed by atoms with Crippen molar-refractivity contribution in [1.82, 2.24) is 9.55 Å². The van der Waals surface area contributed by atoms with E-state index in [1.54, 1.807) is 0 Å². The molecule has 1 aromatic rings. The standard InChI is InChI=1S/C10H14N2O2S2/c1-7-4-12(8-2-3-15-5-8)10(11-7)16-6-9(13)14/h4,8H,2-3,5-6H2,1H3,(H,13,14). The van der Waals surface area contributed by atoms with E-state index in [0.29, 0.717) is 6.04 Å². The molecule has 1 unspecified atom stereocenters. The maximum absolute atomic E-state index is 10.6. The predicted octanol–water partition coefficient (Wildman–Crippen LogP) is 2.05. The van der Waals surface area contributed by atoms with E-state index in [4.69, 9.17) is 5.11 Å². The van der Waals surface area contributed by atoms with Gasteiger partial charge in [0.15, 0.2) is 5.16 Å². The molecule has 0 saturated carbocycles. The molecule has 1 aliphatic rings. The van der Waals surface area contributed by atoms with Crippen LogP contribution < -0.4 is 0 Å². The molecule has 0 radical (unpaired) electrons. The van der Waals surface area contributed by atoms with Gasteiger partial charge < -0.3 is 9.67 Å². The van der Waals surface area contributed by atoms with Crippen LogP contribution in [0.25, 0.3) is 0 Å². The third kappa shape index (κ3) is 2.74. The number of rotatable bonds is 4. The summed E-state index contributed by atoms with van der Waals surface area (Å²) in [4.78, 5) is 14.9. The second kappa shape index (κ2) is 5.14. The van der Waals surface area contributed by atoms with E-state index in [-0.39, 0.29) is 5.75 Å². The molecule has 0 aliphatic carbocycles. The summed E-state index contributed by atoms with van der Waals surface area (Å²) in [6, 6.07) is 0.488. The Hall–Kier alpha value is -0.620. The van der Waals surface area contributed by atoms with Crippen molar-refractivity contribution < 1.29 is 9.90 Å². The van der Waals surface area contributed by atoms with E-state index in [1.165, 1.54) is 17.5 Å². The highest BCUT2D eigenvalue weighted by Crippen LogP contribution is 2.31. The number of hydrogen-bond acceptors (Lipinski definition) is 4. The van der Waals surface area contributed by atoms with Crippen molar-refractivity contribution in [2.24, 2.45) is 0 Å². The van der Waals surface area contributed by atoms with E-state index in [2.05, 4.69) is 9.55 Å². The molecular formula is C10H14N2O2S2. The third-order valence-corrected chi connectivity index (χ3v) is 4.54. The fraction of sp³-hybridized carbons (Fsp3) is 0.600. The van der Waals surface area contributed by atoms with Crippen LogP contribution in [0.15, 0.2) is 11.4 Å². The Morgan fingerprint density at radius 2 is 2.62 bits per heavy atom. The SMILES string of the molecule is Cc1cn(C2CCSC2)c(SCC(=O)O)n1. The largest absolute Gasteiger partial charge is 0.481 e. The summed E-state index contributed by atoms with van der Waals surface area (Å²) in [5, 5.41) is 9.52. The highest BCUT2D eigenvalue weighted by Gasteiger charge is 2.21. The molecule has 1 saturated heterocycles. The maximum atomic E-state index is 10.6. The summed E-state index contributed by atoms with van der Waals surface area (Å²) in [6.07, 6.45) is 3.18. The molecule has 1 atom stereocenters. The molecule has 1 aliphatic heterocycles. The van der Waals surface area contributed by atoms with Gasteiger partial charge in [0.1, 0.15) is 0 Å². The van der Waals surface area contributed by atoms with Gasteiger partial charge in [0.25, 0.3) is 0 Å². The minimum atomic E-state index is -0.794. The van der Waals surface area contributed by atoms with Crippen LogP contribution in [0.5, 0.6) is 0 Å². The molecule has 0 amide bonds. The van der Waals surface area contributed by atoms with Crippen LogP contribution in [0.1, 0.15) is 18.2 Å². The molecule has 0 spiro atoms. The van der Waals surface area contributed by atoms with Gasteiger partial charge in [-0.1, -0.05) is 11.8 Å². The van der Waals surface area contributed by atoms with Gasteiger partial charge in [-0.2, -0.15) is 11.8 Å². The molecule has 0 aromatic carbocycles. The number of carboxylic acids is 1. The zero-order valence-corrected chi connectivity index (χ0v) is 10.7. The quantitative estimate of drug-likeness (QED) is 0.838. The van der Waals surface area contributed by atoms with Gasteiger partial charge in [0.2, 0.25) is 0 Å². The first-order valence-electron chi connectivity index (χ1n) is 5.14. The van der Waals surface area contributed by atoms with Gasteiger partial charge in [0.05, 0.1) is 11.4 Å². The van der Waals surface area contributed by atoms with Gasteiger partial charge in [-0.25, -0.2) is 4.98 Å². The Balaban J connectivity index is 2.12. The molecule has 1 N–H and O–H groups in total. The Bertz CT molecular complexity index is 386. The fourth-order valence-corrected chi connectivity index (χ4v) is 3.75. The molecule has 88 valence electrons. The van der Waals surface area contributed by atoms with E-state index < -0.39 is 5.97 Å². The summed E-state index contributed by atoms with van der Waals surface area (Å²) in [5.74, 6) is 1.58. The monoisotopic (exact) mass is 258 g/mol. The normalized spacial score (nSPS) is 20.2. The van der Waals surface area contributed by atoms with Gasteiger partial charge in [-0.05, 0) is 19.1 Å². The molecule has 0 bridgehead atoms. The number of carbonyl (C=O) groups is 1. The van der Waals surface area contributed by atoms with Crippen molar-refractivity contribution in [3.8, 4) is 0 Å². The van der Waals surface area contributed by atoms with Crippen LogP contribution in [0.3, 0.4) is 0 Å². The Labute approximate surface area is 103 Å².